The number of carbonyl (C=O) groups is 1. The van der Waals surface area contributed by atoms with E-state index in [2.05, 4.69) is 11.4 Å². The summed E-state index contributed by atoms with van der Waals surface area (Å²) in [5.74, 6) is 0.682. The van der Waals surface area contributed by atoms with E-state index >= 15 is 0 Å². The van der Waals surface area contributed by atoms with E-state index in [9.17, 15) is 4.79 Å². The van der Waals surface area contributed by atoms with E-state index in [1.807, 2.05) is 43.0 Å². The van der Waals surface area contributed by atoms with Crippen LogP contribution in [0, 0.1) is 6.92 Å². The normalized spacial score (nSPS) is 14.2. The summed E-state index contributed by atoms with van der Waals surface area (Å²) < 4.78 is 5.37. The van der Waals surface area contributed by atoms with E-state index in [-0.39, 0.29) is 11.9 Å². The van der Waals surface area contributed by atoms with Gasteiger partial charge in [-0.25, -0.2) is 0 Å². The first-order valence-electron chi connectivity index (χ1n) is 8.01. The van der Waals surface area contributed by atoms with E-state index in [1.54, 1.807) is 13.2 Å². The van der Waals surface area contributed by atoms with Gasteiger partial charge in [-0.3, -0.25) is 4.79 Å². The summed E-state index contributed by atoms with van der Waals surface area (Å²) in [5.41, 5.74) is 3.94. The number of benzene rings is 2. The first kappa shape index (κ1) is 16.7. The molecule has 0 spiro atoms. The molecule has 1 atom stereocenters. The van der Waals surface area contributed by atoms with Crippen LogP contribution in [-0.4, -0.2) is 25.6 Å². The summed E-state index contributed by atoms with van der Waals surface area (Å²) in [6.07, 6.45) is 0.901. The van der Waals surface area contributed by atoms with Gasteiger partial charge in [0, 0.05) is 23.3 Å². The van der Waals surface area contributed by atoms with Crippen LogP contribution < -0.4 is 15.0 Å². The number of fused-ring (bicyclic) bond motifs is 1. The molecule has 2 aromatic carbocycles. The molecule has 4 nitrogen and oxygen atoms in total. The van der Waals surface area contributed by atoms with Crippen LogP contribution in [0.15, 0.2) is 36.4 Å². The number of aryl methyl sites for hydroxylation is 1. The van der Waals surface area contributed by atoms with Crippen molar-refractivity contribution in [3.8, 4) is 5.75 Å². The van der Waals surface area contributed by atoms with Gasteiger partial charge in [-0.15, -0.1) is 0 Å². The van der Waals surface area contributed by atoms with Crippen LogP contribution in [0.2, 0.25) is 5.02 Å². The van der Waals surface area contributed by atoms with Gasteiger partial charge in [-0.2, -0.15) is 0 Å². The molecule has 1 aliphatic rings. The third-order valence-corrected chi connectivity index (χ3v) is 4.78. The third kappa shape index (κ3) is 3.06. The fourth-order valence-electron chi connectivity index (χ4n) is 3.04. The van der Waals surface area contributed by atoms with Gasteiger partial charge in [0.1, 0.15) is 11.8 Å². The van der Waals surface area contributed by atoms with Gasteiger partial charge in [0.25, 0.3) is 0 Å². The van der Waals surface area contributed by atoms with Crippen molar-refractivity contribution in [1.82, 2.24) is 0 Å². The standard InChI is InChI=1S/C19H21ClN2O2/c1-12-10-16(18(24-3)11-15(12)20)21-13(2)19(23)22-9-8-14-6-4-5-7-17(14)22/h4-7,10-11,13,21H,8-9H2,1-3H3. The maximum Gasteiger partial charge on any atom is 0.249 e. The molecule has 1 heterocycles. The number of halogens is 1. The van der Waals surface area contributed by atoms with E-state index in [0.29, 0.717) is 10.8 Å². The van der Waals surface area contributed by atoms with Crippen LogP contribution >= 0.6 is 11.6 Å². The molecule has 0 bridgehead atoms. The van der Waals surface area contributed by atoms with Crippen molar-refractivity contribution in [3.05, 3.63) is 52.5 Å². The molecule has 0 radical (unpaired) electrons. The third-order valence-electron chi connectivity index (χ3n) is 4.38. The lowest BCUT2D eigenvalue weighted by Gasteiger charge is -2.24. The molecule has 2 aromatic rings. The molecule has 3 rings (SSSR count). The Morgan fingerprint density at radius 1 is 1.33 bits per heavy atom. The SMILES string of the molecule is COc1cc(Cl)c(C)cc1NC(C)C(=O)N1CCc2ccccc21. The molecular formula is C19H21ClN2O2. The Morgan fingerprint density at radius 2 is 2.08 bits per heavy atom. The summed E-state index contributed by atoms with van der Waals surface area (Å²) in [5, 5.41) is 3.91. The van der Waals surface area contributed by atoms with Crippen molar-refractivity contribution in [2.24, 2.45) is 0 Å². The van der Waals surface area contributed by atoms with E-state index < -0.39 is 0 Å². The molecule has 0 saturated carbocycles. The summed E-state index contributed by atoms with van der Waals surface area (Å²) >= 11 is 6.14. The van der Waals surface area contributed by atoms with E-state index in [4.69, 9.17) is 16.3 Å². The van der Waals surface area contributed by atoms with Crippen LogP contribution in [0.4, 0.5) is 11.4 Å². The summed E-state index contributed by atoms with van der Waals surface area (Å²) in [6.45, 7) is 4.52. The average molecular weight is 345 g/mol. The molecule has 0 saturated heterocycles. The number of anilines is 2. The average Bonchev–Trinajstić information content (AvgIpc) is 3.01. The maximum atomic E-state index is 12.9. The van der Waals surface area contributed by atoms with E-state index in [1.165, 1.54) is 5.56 Å². The predicted molar refractivity (Wildman–Crippen MR) is 98.3 cm³/mol. The Kier molecular flexibility index (Phi) is 4.67. The lowest BCUT2D eigenvalue weighted by molar-refractivity contribution is -0.118. The van der Waals surface area contributed by atoms with Crippen LogP contribution in [0.3, 0.4) is 0 Å². The molecule has 0 aromatic heterocycles. The molecular weight excluding hydrogens is 324 g/mol. The molecule has 0 fully saturated rings. The summed E-state index contributed by atoms with van der Waals surface area (Å²) in [7, 11) is 1.59. The molecule has 1 amide bonds. The van der Waals surface area contributed by atoms with Crippen LogP contribution in [0.1, 0.15) is 18.1 Å². The lowest BCUT2D eigenvalue weighted by atomic mass is 10.1. The number of carbonyl (C=O) groups excluding carboxylic acids is 1. The van der Waals surface area contributed by atoms with Crippen molar-refractivity contribution in [3.63, 3.8) is 0 Å². The number of rotatable bonds is 4. The Morgan fingerprint density at radius 3 is 2.83 bits per heavy atom. The fourth-order valence-corrected chi connectivity index (χ4v) is 3.19. The first-order chi connectivity index (χ1) is 11.5. The van der Waals surface area contributed by atoms with Crippen LogP contribution in [0.25, 0.3) is 0 Å². The van der Waals surface area contributed by atoms with Crippen molar-refractivity contribution in [2.75, 3.05) is 23.9 Å². The minimum absolute atomic E-state index is 0.0506. The number of nitrogens with one attached hydrogen (secondary N) is 1. The number of ether oxygens (including phenoxy) is 1. The van der Waals surface area contributed by atoms with Gasteiger partial charge < -0.3 is 15.0 Å². The highest BCUT2D eigenvalue weighted by atomic mass is 35.5. The highest BCUT2D eigenvalue weighted by molar-refractivity contribution is 6.31. The Balaban J connectivity index is 1.80. The highest BCUT2D eigenvalue weighted by Crippen LogP contribution is 2.32. The van der Waals surface area contributed by atoms with Crippen molar-refractivity contribution in [2.45, 2.75) is 26.3 Å². The Labute approximate surface area is 147 Å². The van der Waals surface area contributed by atoms with Crippen molar-refractivity contribution < 1.29 is 9.53 Å². The van der Waals surface area contributed by atoms with Gasteiger partial charge >= 0.3 is 0 Å². The zero-order valence-corrected chi connectivity index (χ0v) is 14.9. The monoisotopic (exact) mass is 344 g/mol. The molecule has 5 heteroatoms. The molecule has 0 aliphatic carbocycles. The predicted octanol–water partition coefficient (Wildman–Crippen LogP) is 4.05. The molecule has 24 heavy (non-hydrogen) atoms. The minimum Gasteiger partial charge on any atom is -0.495 e. The summed E-state index contributed by atoms with van der Waals surface area (Å²) in [4.78, 5) is 14.7. The smallest absolute Gasteiger partial charge is 0.249 e. The van der Waals surface area contributed by atoms with E-state index in [0.717, 1.165) is 29.9 Å². The number of para-hydroxylation sites is 1. The van der Waals surface area contributed by atoms with Gasteiger partial charge in [0.05, 0.1) is 12.8 Å². The summed E-state index contributed by atoms with van der Waals surface area (Å²) in [6, 6.07) is 11.4. The topological polar surface area (TPSA) is 41.6 Å². The lowest BCUT2D eigenvalue weighted by Crippen LogP contribution is -2.40. The molecule has 1 unspecified atom stereocenters. The zero-order chi connectivity index (χ0) is 17.3. The molecule has 126 valence electrons. The first-order valence-corrected chi connectivity index (χ1v) is 8.39. The van der Waals surface area contributed by atoms with Crippen LogP contribution in [-0.2, 0) is 11.2 Å². The number of hydrogen-bond donors (Lipinski definition) is 1. The number of hydrogen-bond acceptors (Lipinski definition) is 3. The largest absolute Gasteiger partial charge is 0.495 e. The number of methoxy groups -OCH3 is 1. The minimum atomic E-state index is -0.370. The van der Waals surface area contributed by atoms with Crippen molar-refractivity contribution in [1.29, 1.82) is 0 Å². The van der Waals surface area contributed by atoms with Gasteiger partial charge in [-0.1, -0.05) is 29.8 Å². The second-order valence-corrected chi connectivity index (χ2v) is 6.44. The quantitative estimate of drug-likeness (QED) is 0.909. The second kappa shape index (κ2) is 6.73. The highest BCUT2D eigenvalue weighted by Gasteiger charge is 2.28. The van der Waals surface area contributed by atoms with Crippen LogP contribution in [0.5, 0.6) is 5.75 Å². The van der Waals surface area contributed by atoms with Gasteiger partial charge in [-0.05, 0) is 43.5 Å². The Bertz CT molecular complexity index is 776. The Hall–Kier alpha value is -2.20. The van der Waals surface area contributed by atoms with Gasteiger partial charge in [0.15, 0.2) is 0 Å². The van der Waals surface area contributed by atoms with Gasteiger partial charge in [0.2, 0.25) is 5.91 Å². The number of amides is 1. The maximum absolute atomic E-state index is 12.9. The van der Waals surface area contributed by atoms with Crippen molar-refractivity contribution >= 4 is 28.9 Å². The second-order valence-electron chi connectivity index (χ2n) is 6.04. The molecule has 1 aliphatic heterocycles. The number of nitrogens with zero attached hydrogens (tertiary/aromatic N) is 1. The zero-order valence-electron chi connectivity index (χ0n) is 14.1. The molecule has 1 N–H and O–H groups in total. The fraction of sp³-hybridized carbons (Fsp3) is 0.316.